The summed E-state index contributed by atoms with van der Waals surface area (Å²) >= 11 is 0. The van der Waals surface area contributed by atoms with Crippen molar-refractivity contribution in [3.8, 4) is 11.1 Å². The molecule has 0 aromatic heterocycles. The van der Waals surface area contributed by atoms with Gasteiger partial charge in [0.05, 0.1) is 6.54 Å². The molecule has 2 N–H and O–H groups in total. The summed E-state index contributed by atoms with van der Waals surface area (Å²) in [5.41, 5.74) is 2.83. The van der Waals surface area contributed by atoms with Crippen LogP contribution in [0.4, 0.5) is 13.6 Å². The Morgan fingerprint density at radius 2 is 1.61 bits per heavy atom. The number of amides is 2. The lowest BCUT2D eigenvalue weighted by Gasteiger charge is -2.26. The summed E-state index contributed by atoms with van der Waals surface area (Å²) in [6.07, 6.45) is -1.29. The molecule has 0 spiro atoms. The van der Waals surface area contributed by atoms with Crippen LogP contribution >= 0.6 is 0 Å². The number of carbonyl (C=O) groups excluding carboxylic acids is 2. The van der Waals surface area contributed by atoms with Crippen LogP contribution < -0.4 is 5.32 Å². The van der Waals surface area contributed by atoms with Crippen molar-refractivity contribution < 1.29 is 33.0 Å². The maximum Gasteiger partial charge on any atom is 0.408 e. The van der Waals surface area contributed by atoms with E-state index in [1.807, 2.05) is 48.5 Å². The van der Waals surface area contributed by atoms with Crippen LogP contribution in [0.3, 0.4) is 0 Å². The summed E-state index contributed by atoms with van der Waals surface area (Å²) in [7, 11) is 0. The number of likely N-dealkylation sites (tertiary alicyclic amines) is 1. The van der Waals surface area contributed by atoms with E-state index in [-0.39, 0.29) is 25.4 Å². The second-order valence-electron chi connectivity index (χ2n) is 8.88. The van der Waals surface area contributed by atoms with Crippen molar-refractivity contribution in [2.75, 3.05) is 13.2 Å². The smallest absolute Gasteiger partial charge is 0.408 e. The molecule has 2 aromatic carbocycles. The van der Waals surface area contributed by atoms with E-state index in [0.717, 1.165) is 22.3 Å². The Hall–Kier alpha value is -3.49. The number of nitrogens with zero attached hydrogens (tertiary/aromatic N) is 1. The third kappa shape index (κ3) is 3.71. The van der Waals surface area contributed by atoms with E-state index in [1.54, 1.807) is 0 Å². The highest BCUT2D eigenvalue weighted by molar-refractivity contribution is 5.95. The van der Waals surface area contributed by atoms with Crippen molar-refractivity contribution in [2.45, 2.75) is 42.7 Å². The summed E-state index contributed by atoms with van der Waals surface area (Å²) in [5.74, 6) is -5.74. The summed E-state index contributed by atoms with van der Waals surface area (Å²) in [6.45, 7) is -0.930. The first kappa shape index (κ1) is 21.4. The number of alkyl carbamates (subject to hydrolysis) is 1. The number of nitrogens with one attached hydrogen (secondary N) is 1. The molecule has 2 amide bonds. The fourth-order valence-corrected chi connectivity index (χ4v) is 4.87. The fourth-order valence-electron chi connectivity index (χ4n) is 4.87. The van der Waals surface area contributed by atoms with E-state index in [2.05, 4.69) is 5.32 Å². The minimum atomic E-state index is -3.28. The minimum absolute atomic E-state index is 0.0453. The number of rotatable bonds is 5. The lowest BCUT2D eigenvalue weighted by molar-refractivity contribution is -0.149. The zero-order chi connectivity index (χ0) is 23.4. The molecule has 5 rings (SSSR count). The third-order valence-corrected chi connectivity index (χ3v) is 6.66. The van der Waals surface area contributed by atoms with Crippen LogP contribution in [0, 0.1) is 0 Å². The van der Waals surface area contributed by atoms with Gasteiger partial charge in [-0.2, -0.15) is 0 Å². The van der Waals surface area contributed by atoms with Crippen LogP contribution in [0.5, 0.6) is 0 Å². The van der Waals surface area contributed by atoms with Crippen LogP contribution in [0.15, 0.2) is 48.5 Å². The first-order valence-electron chi connectivity index (χ1n) is 10.8. The number of hydrogen-bond donors (Lipinski definition) is 2. The van der Waals surface area contributed by atoms with Crippen LogP contribution in [-0.2, 0) is 14.3 Å². The maximum absolute atomic E-state index is 13.8. The Bertz CT molecular complexity index is 1100. The van der Waals surface area contributed by atoms with Gasteiger partial charge in [-0.05, 0) is 35.1 Å². The van der Waals surface area contributed by atoms with E-state index in [0.29, 0.717) is 4.90 Å². The Labute approximate surface area is 188 Å². The van der Waals surface area contributed by atoms with E-state index in [9.17, 15) is 28.3 Å². The Kier molecular flexibility index (Phi) is 4.88. The standard InChI is InChI=1S/C24H22F2N2O5/c25-24(26)11-19(20(29)30)28(13-24)21(31)23(9-10-23)27-22(32)33-12-18-16-7-3-1-5-14(16)15-6-2-4-8-17(15)18/h1-8,18-19H,9-13H2,(H,27,32)(H,29,30)/t19-/m0/s1. The number of hydrogen-bond acceptors (Lipinski definition) is 4. The lowest BCUT2D eigenvalue weighted by atomic mass is 9.98. The molecular formula is C24H22F2N2O5. The number of ether oxygens (including phenoxy) is 1. The number of halogens is 2. The maximum atomic E-state index is 13.8. The Balaban J connectivity index is 1.27. The van der Waals surface area contributed by atoms with Crippen LogP contribution in [-0.4, -0.2) is 58.6 Å². The van der Waals surface area contributed by atoms with Crippen LogP contribution in [0.25, 0.3) is 11.1 Å². The van der Waals surface area contributed by atoms with Gasteiger partial charge >= 0.3 is 12.1 Å². The summed E-state index contributed by atoms with van der Waals surface area (Å²) in [5, 5.41) is 11.8. The van der Waals surface area contributed by atoms with Crippen molar-refractivity contribution >= 4 is 18.0 Å². The van der Waals surface area contributed by atoms with Crippen LogP contribution in [0.2, 0.25) is 0 Å². The van der Waals surface area contributed by atoms with E-state index in [4.69, 9.17) is 4.74 Å². The van der Waals surface area contributed by atoms with E-state index < -0.39 is 48.4 Å². The first-order valence-corrected chi connectivity index (χ1v) is 10.8. The van der Waals surface area contributed by atoms with Gasteiger partial charge in [-0.25, -0.2) is 18.4 Å². The van der Waals surface area contributed by atoms with Crippen molar-refractivity contribution in [2.24, 2.45) is 0 Å². The second kappa shape index (κ2) is 7.54. The molecule has 1 heterocycles. The molecular weight excluding hydrogens is 434 g/mol. The average molecular weight is 456 g/mol. The molecule has 2 aromatic rings. The molecule has 0 unspecified atom stereocenters. The average Bonchev–Trinajstić information content (AvgIpc) is 3.38. The van der Waals surface area contributed by atoms with Crippen molar-refractivity contribution in [3.05, 3.63) is 59.7 Å². The molecule has 1 saturated carbocycles. The topological polar surface area (TPSA) is 95.9 Å². The van der Waals surface area contributed by atoms with Gasteiger partial charge in [0.2, 0.25) is 5.91 Å². The number of fused-ring (bicyclic) bond motifs is 3. The molecule has 1 atom stereocenters. The van der Waals surface area contributed by atoms with Gasteiger partial charge in [0, 0.05) is 12.3 Å². The molecule has 2 fully saturated rings. The SMILES string of the molecule is O=C(NC1(C(=O)N2CC(F)(F)C[C@H]2C(=O)O)CC1)OCC1c2ccccc2-c2ccccc21. The predicted molar refractivity (Wildman–Crippen MR) is 113 cm³/mol. The Morgan fingerprint density at radius 1 is 1.03 bits per heavy atom. The molecule has 0 radical (unpaired) electrons. The van der Waals surface area contributed by atoms with Crippen molar-refractivity contribution in [1.82, 2.24) is 10.2 Å². The quantitative estimate of drug-likeness (QED) is 0.719. The number of carboxylic acid groups (broad SMARTS) is 1. The van der Waals surface area contributed by atoms with Crippen molar-refractivity contribution in [1.29, 1.82) is 0 Å². The predicted octanol–water partition coefficient (Wildman–Crippen LogP) is 3.38. The fraction of sp³-hybridized carbons (Fsp3) is 0.375. The normalized spacial score (nSPS) is 21.8. The van der Waals surface area contributed by atoms with Gasteiger partial charge in [0.25, 0.3) is 5.92 Å². The number of aliphatic carboxylic acids is 1. The zero-order valence-electron chi connectivity index (χ0n) is 17.6. The highest BCUT2D eigenvalue weighted by atomic mass is 19.3. The first-order chi connectivity index (χ1) is 15.7. The highest BCUT2D eigenvalue weighted by Crippen LogP contribution is 2.45. The van der Waals surface area contributed by atoms with Gasteiger partial charge < -0.3 is 20.1 Å². The van der Waals surface area contributed by atoms with E-state index in [1.165, 1.54) is 0 Å². The van der Waals surface area contributed by atoms with Crippen molar-refractivity contribution in [3.63, 3.8) is 0 Å². The molecule has 1 aliphatic heterocycles. The number of alkyl halides is 2. The molecule has 7 nitrogen and oxygen atoms in total. The van der Waals surface area contributed by atoms with Gasteiger partial charge in [-0.3, -0.25) is 4.79 Å². The molecule has 172 valence electrons. The number of benzene rings is 2. The molecule has 1 saturated heterocycles. The van der Waals surface area contributed by atoms with E-state index >= 15 is 0 Å². The summed E-state index contributed by atoms with van der Waals surface area (Å²) in [6, 6.07) is 14.1. The molecule has 33 heavy (non-hydrogen) atoms. The molecule has 0 bridgehead atoms. The van der Waals surface area contributed by atoms with Gasteiger partial charge in [-0.1, -0.05) is 48.5 Å². The number of carbonyl (C=O) groups is 3. The third-order valence-electron chi connectivity index (χ3n) is 6.66. The number of carboxylic acids is 1. The highest BCUT2D eigenvalue weighted by Gasteiger charge is 2.59. The Morgan fingerprint density at radius 3 is 2.15 bits per heavy atom. The van der Waals surface area contributed by atoms with Gasteiger partial charge in [0.15, 0.2) is 0 Å². The molecule has 3 aliphatic rings. The van der Waals surface area contributed by atoms with Gasteiger partial charge in [-0.15, -0.1) is 0 Å². The largest absolute Gasteiger partial charge is 0.480 e. The minimum Gasteiger partial charge on any atom is -0.480 e. The van der Waals surface area contributed by atoms with Crippen LogP contribution in [0.1, 0.15) is 36.3 Å². The lowest BCUT2D eigenvalue weighted by Crippen LogP contribution is -2.53. The monoisotopic (exact) mass is 456 g/mol. The zero-order valence-corrected chi connectivity index (χ0v) is 17.6. The summed E-state index contributed by atoms with van der Waals surface area (Å²) < 4.78 is 33.1. The molecule has 2 aliphatic carbocycles. The second-order valence-corrected chi connectivity index (χ2v) is 8.88. The van der Waals surface area contributed by atoms with Gasteiger partial charge in [0.1, 0.15) is 18.2 Å². The molecule has 9 heteroatoms. The summed E-state index contributed by atoms with van der Waals surface area (Å²) in [4.78, 5) is 37.5.